The molecule has 0 aliphatic rings. The van der Waals surface area contributed by atoms with Crippen LogP contribution in [0.4, 0.5) is 5.69 Å². The van der Waals surface area contributed by atoms with E-state index in [-0.39, 0.29) is 0 Å². The molecule has 7 heteroatoms. The van der Waals surface area contributed by atoms with Crippen LogP contribution in [0.3, 0.4) is 0 Å². The van der Waals surface area contributed by atoms with Gasteiger partial charge >= 0.3 is 0 Å². The van der Waals surface area contributed by atoms with Crippen molar-refractivity contribution in [2.75, 3.05) is 4.72 Å². The van der Waals surface area contributed by atoms with Gasteiger partial charge in [0.2, 0.25) is 0 Å². The van der Waals surface area contributed by atoms with Crippen molar-refractivity contribution >= 4 is 48.6 Å². The summed E-state index contributed by atoms with van der Waals surface area (Å²) in [5, 5.41) is 8.06. The molecular formula is C30H31BrN4OS. The maximum absolute atomic E-state index is 13.3. The van der Waals surface area contributed by atoms with E-state index in [2.05, 4.69) is 62.6 Å². The monoisotopic (exact) mass is 574 g/mol. The number of allylic oxidation sites excluding steroid dienone is 2. The molecule has 0 radical (unpaired) electrons. The molecule has 1 unspecified atom stereocenters. The Hall–Kier alpha value is -3.55. The van der Waals surface area contributed by atoms with E-state index in [1.54, 1.807) is 6.20 Å². The van der Waals surface area contributed by atoms with E-state index >= 15 is 0 Å². The van der Waals surface area contributed by atoms with E-state index in [0.717, 1.165) is 49.5 Å². The van der Waals surface area contributed by atoms with Crippen LogP contribution in [0, 0.1) is 20.8 Å². The van der Waals surface area contributed by atoms with Crippen molar-refractivity contribution in [1.29, 1.82) is 0 Å². The maximum Gasteiger partial charge on any atom is 0.128 e. The number of nitrogens with zero attached hydrogens (tertiary/aromatic N) is 2. The number of hydrogen-bond donors (Lipinski definition) is 2. The first kappa shape index (κ1) is 26.5. The fourth-order valence-corrected chi connectivity index (χ4v) is 5.40. The highest BCUT2D eigenvalue weighted by Crippen LogP contribution is 2.23. The molecule has 0 saturated heterocycles. The highest BCUT2D eigenvalue weighted by atomic mass is 79.9. The molecule has 1 atom stereocenters. The number of aromatic nitrogens is 2. The second kappa shape index (κ2) is 11.2. The van der Waals surface area contributed by atoms with Gasteiger partial charge in [0.1, 0.15) is 5.82 Å². The molecule has 2 N–H and O–H groups in total. The molecule has 0 amide bonds. The van der Waals surface area contributed by atoms with Crippen molar-refractivity contribution in [3.05, 3.63) is 124 Å². The average Bonchev–Trinajstić information content (AvgIpc) is 3.20. The number of rotatable bonds is 9. The fraction of sp³-hybridized carbons (Fsp3) is 0.133. The number of aryl methyl sites for hydroxylation is 2. The lowest BCUT2D eigenvalue weighted by Crippen LogP contribution is -2.19. The summed E-state index contributed by atoms with van der Waals surface area (Å²) >= 11 is 3.56. The first-order valence-corrected chi connectivity index (χ1v) is 14.4. The van der Waals surface area contributed by atoms with Gasteiger partial charge in [-0.3, -0.25) is 0 Å². The van der Waals surface area contributed by atoms with Gasteiger partial charge in [-0.05, 0) is 95.2 Å². The summed E-state index contributed by atoms with van der Waals surface area (Å²) in [5.41, 5.74) is 6.97. The van der Waals surface area contributed by atoms with Crippen molar-refractivity contribution < 1.29 is 4.21 Å². The quantitative estimate of drug-likeness (QED) is 0.167. The molecule has 1 heterocycles. The Labute approximate surface area is 228 Å². The molecule has 5 nitrogen and oxygen atoms in total. The molecule has 37 heavy (non-hydrogen) atoms. The summed E-state index contributed by atoms with van der Waals surface area (Å²) in [6, 6.07) is 23.6. The lowest BCUT2D eigenvalue weighted by Gasteiger charge is -2.16. The number of nitrogens with one attached hydrogen (secondary N) is 2. The molecule has 0 spiro atoms. The third-order valence-electron chi connectivity index (χ3n) is 6.07. The lowest BCUT2D eigenvalue weighted by atomic mass is 10.0. The average molecular weight is 576 g/mol. The minimum absolute atomic E-state index is 0.530. The topological polar surface area (TPSA) is 58.9 Å². The van der Waals surface area contributed by atoms with Crippen LogP contribution in [-0.2, 0) is 16.3 Å². The standard InChI is InChI=1S/C30H31BrN4OS/c1-21-13-15-27(16-14-21)37(5,36)34-26-11-8-10-25(18-26)19-32-30(35-24(4)29(31)20-33-35)17-23(3)28-12-7-6-9-22(28)2/h6-18,20,32H,3,5,19H2,1-2,4H3,(H,34,36)/b30-17-. The Balaban J connectivity index is 1.57. The van der Waals surface area contributed by atoms with Crippen LogP contribution in [0.1, 0.15) is 27.9 Å². The minimum atomic E-state index is -2.69. The summed E-state index contributed by atoms with van der Waals surface area (Å²) in [6.45, 7) is 10.9. The van der Waals surface area contributed by atoms with Crippen LogP contribution in [0.2, 0.25) is 0 Å². The van der Waals surface area contributed by atoms with Gasteiger partial charge in [-0.25, -0.2) is 8.89 Å². The summed E-state index contributed by atoms with van der Waals surface area (Å²) in [4.78, 5) is 0.668. The predicted octanol–water partition coefficient (Wildman–Crippen LogP) is 6.97. The Morgan fingerprint density at radius 3 is 2.46 bits per heavy atom. The number of hydrogen-bond acceptors (Lipinski definition) is 3. The first-order valence-electron chi connectivity index (χ1n) is 11.9. The van der Waals surface area contributed by atoms with E-state index in [0.29, 0.717) is 11.4 Å². The van der Waals surface area contributed by atoms with Gasteiger partial charge in [0.05, 0.1) is 26.1 Å². The molecule has 0 aliphatic carbocycles. The molecule has 0 aliphatic heterocycles. The molecule has 4 aromatic rings. The fourth-order valence-electron chi connectivity index (χ4n) is 3.94. The van der Waals surface area contributed by atoms with Crippen molar-refractivity contribution in [2.24, 2.45) is 0 Å². The van der Waals surface area contributed by atoms with Gasteiger partial charge in [0, 0.05) is 17.1 Å². The Morgan fingerprint density at radius 1 is 1.05 bits per heavy atom. The summed E-state index contributed by atoms with van der Waals surface area (Å²) < 4.78 is 19.2. The van der Waals surface area contributed by atoms with Crippen molar-refractivity contribution in [2.45, 2.75) is 32.2 Å². The van der Waals surface area contributed by atoms with E-state index in [1.807, 2.05) is 85.3 Å². The van der Waals surface area contributed by atoms with Gasteiger partial charge in [-0.1, -0.05) is 60.7 Å². The van der Waals surface area contributed by atoms with Gasteiger partial charge < -0.3 is 10.0 Å². The van der Waals surface area contributed by atoms with Gasteiger partial charge in [-0.2, -0.15) is 5.10 Å². The van der Waals surface area contributed by atoms with E-state index < -0.39 is 9.71 Å². The third kappa shape index (κ3) is 6.42. The zero-order valence-corrected chi connectivity index (χ0v) is 23.7. The third-order valence-corrected chi connectivity index (χ3v) is 8.44. The van der Waals surface area contributed by atoms with Crippen molar-refractivity contribution in [1.82, 2.24) is 15.1 Å². The SMILES string of the molecule is C=C(/C=C(/NCc1cccc(NS(=C)(=O)c2ccc(C)cc2)c1)n1ncc(Br)c1C)c1ccccc1C. The predicted molar refractivity (Wildman–Crippen MR) is 161 cm³/mol. The lowest BCUT2D eigenvalue weighted by molar-refractivity contribution is 0.684. The highest BCUT2D eigenvalue weighted by Gasteiger charge is 2.12. The molecule has 0 fully saturated rings. The number of anilines is 1. The van der Waals surface area contributed by atoms with Gasteiger partial charge in [-0.15, -0.1) is 0 Å². The van der Waals surface area contributed by atoms with Crippen molar-refractivity contribution in [3.8, 4) is 0 Å². The minimum Gasteiger partial charge on any atom is -0.366 e. The van der Waals surface area contributed by atoms with Gasteiger partial charge in [0.25, 0.3) is 0 Å². The van der Waals surface area contributed by atoms with E-state index in [1.165, 1.54) is 0 Å². The van der Waals surface area contributed by atoms with E-state index in [4.69, 9.17) is 0 Å². The summed E-state index contributed by atoms with van der Waals surface area (Å²) in [6.07, 6.45) is 3.79. The van der Waals surface area contributed by atoms with Crippen LogP contribution in [0.5, 0.6) is 0 Å². The number of benzene rings is 3. The van der Waals surface area contributed by atoms with Crippen LogP contribution in [0.15, 0.2) is 101 Å². The van der Waals surface area contributed by atoms with Crippen LogP contribution < -0.4 is 10.0 Å². The summed E-state index contributed by atoms with van der Waals surface area (Å²) in [5.74, 6) is 4.76. The van der Waals surface area contributed by atoms with Crippen LogP contribution >= 0.6 is 15.9 Å². The molecule has 1 aromatic heterocycles. The van der Waals surface area contributed by atoms with Crippen LogP contribution in [-0.4, -0.2) is 19.9 Å². The Bertz CT molecular complexity index is 1570. The molecule has 4 rings (SSSR count). The van der Waals surface area contributed by atoms with Crippen LogP contribution in [0.25, 0.3) is 11.4 Å². The Kier molecular flexibility index (Phi) is 8.05. The zero-order valence-electron chi connectivity index (χ0n) is 21.3. The molecular weight excluding hydrogens is 544 g/mol. The smallest absolute Gasteiger partial charge is 0.128 e. The highest BCUT2D eigenvalue weighted by molar-refractivity contribution is 9.10. The largest absolute Gasteiger partial charge is 0.366 e. The number of halogens is 1. The molecule has 190 valence electrons. The zero-order chi connectivity index (χ0) is 26.6. The van der Waals surface area contributed by atoms with Gasteiger partial charge in [0.15, 0.2) is 0 Å². The molecule has 0 saturated carbocycles. The first-order chi connectivity index (χ1) is 17.6. The molecule has 0 bridgehead atoms. The Morgan fingerprint density at radius 2 is 1.78 bits per heavy atom. The summed E-state index contributed by atoms with van der Waals surface area (Å²) in [7, 11) is -2.69. The van der Waals surface area contributed by atoms with E-state index in [9.17, 15) is 4.21 Å². The van der Waals surface area contributed by atoms with Crippen molar-refractivity contribution in [3.63, 3.8) is 0 Å². The normalized spacial score (nSPS) is 13.1. The molecule has 3 aromatic carbocycles. The second-order valence-electron chi connectivity index (χ2n) is 9.00. The maximum atomic E-state index is 13.3. The second-order valence-corrected chi connectivity index (χ2v) is 11.9.